The van der Waals surface area contributed by atoms with Crippen molar-refractivity contribution in [2.75, 3.05) is 0 Å². The van der Waals surface area contributed by atoms with Crippen LogP contribution in [-0.4, -0.2) is 11.6 Å². The molecule has 0 aliphatic heterocycles. The van der Waals surface area contributed by atoms with Gasteiger partial charge in [0.2, 0.25) is 0 Å². The third kappa shape index (κ3) is 2.67. The predicted molar refractivity (Wildman–Crippen MR) is 79.3 cm³/mol. The Morgan fingerprint density at radius 2 is 2.25 bits per heavy atom. The summed E-state index contributed by atoms with van der Waals surface area (Å²) in [4.78, 5) is 14.2. The Morgan fingerprint density at radius 3 is 3.00 bits per heavy atom. The molecular weight excluding hydrogens is 272 g/mol. The van der Waals surface area contributed by atoms with Gasteiger partial charge in [-0.1, -0.05) is 0 Å². The van der Waals surface area contributed by atoms with Crippen molar-refractivity contribution in [1.29, 1.82) is 0 Å². The van der Waals surface area contributed by atoms with Crippen molar-refractivity contribution in [3.8, 4) is 0 Å². The Labute approximate surface area is 121 Å². The van der Waals surface area contributed by atoms with E-state index >= 15 is 0 Å². The second kappa shape index (κ2) is 5.63. The molecule has 0 aromatic carbocycles. The maximum atomic E-state index is 12.1. The van der Waals surface area contributed by atoms with E-state index in [9.17, 15) is 4.79 Å². The first-order chi connectivity index (χ1) is 9.74. The summed E-state index contributed by atoms with van der Waals surface area (Å²) >= 11 is 1.59. The molecule has 5 heteroatoms. The lowest BCUT2D eigenvalue weighted by Gasteiger charge is -2.08. The summed E-state index contributed by atoms with van der Waals surface area (Å²) in [6, 6.07) is 5.62. The van der Waals surface area contributed by atoms with Crippen LogP contribution in [0.5, 0.6) is 0 Å². The lowest BCUT2D eigenvalue weighted by Crippen LogP contribution is -2.18. The molecule has 0 fully saturated rings. The minimum atomic E-state index is -0.143. The maximum absolute atomic E-state index is 12.1. The molecule has 2 heterocycles. The second-order valence-corrected chi connectivity index (χ2v) is 6.02. The average molecular weight is 288 g/mol. The van der Waals surface area contributed by atoms with Crippen molar-refractivity contribution in [2.45, 2.75) is 32.6 Å². The topological polar surface area (TPSA) is 54.6 Å². The van der Waals surface area contributed by atoms with E-state index in [2.05, 4.69) is 10.5 Å². The number of aryl methyl sites for hydroxylation is 2. The van der Waals surface area contributed by atoms with Gasteiger partial charge >= 0.3 is 0 Å². The Balaban J connectivity index is 1.70. The molecular formula is C15H16N2O2S. The number of carbonyl (C=O) groups is 1. The van der Waals surface area contributed by atoms with Crippen molar-refractivity contribution in [3.63, 3.8) is 0 Å². The maximum Gasteiger partial charge on any atom is 0.281 e. The molecule has 0 bridgehead atoms. The largest absolute Gasteiger partial charge is 0.463 e. The van der Waals surface area contributed by atoms with Gasteiger partial charge < -0.3 is 4.42 Å². The smallest absolute Gasteiger partial charge is 0.281 e. The van der Waals surface area contributed by atoms with Crippen molar-refractivity contribution in [3.05, 3.63) is 45.5 Å². The first kappa shape index (κ1) is 13.1. The van der Waals surface area contributed by atoms with Crippen LogP contribution >= 0.6 is 11.3 Å². The van der Waals surface area contributed by atoms with Crippen LogP contribution in [0.25, 0.3) is 0 Å². The zero-order valence-corrected chi connectivity index (χ0v) is 12.1. The first-order valence-corrected chi connectivity index (χ1v) is 7.56. The molecule has 1 N–H and O–H groups in total. The number of thiophene rings is 1. The number of rotatable bonds is 3. The van der Waals surface area contributed by atoms with E-state index in [4.69, 9.17) is 4.42 Å². The number of nitrogens with zero attached hydrogens (tertiary/aromatic N) is 1. The zero-order valence-electron chi connectivity index (χ0n) is 11.3. The summed E-state index contributed by atoms with van der Waals surface area (Å²) in [5.74, 6) is 0.520. The number of hydrogen-bond acceptors (Lipinski definition) is 4. The molecule has 20 heavy (non-hydrogen) atoms. The minimum absolute atomic E-state index is 0.143. The fourth-order valence-electron chi connectivity index (χ4n) is 2.33. The van der Waals surface area contributed by atoms with Crippen LogP contribution in [0.1, 0.15) is 45.6 Å². The SMILES string of the molecule is C/C(=N\NC(=O)c1cc2c(s1)CCCC2)c1ccco1. The Kier molecular flexibility index (Phi) is 3.69. The number of carbonyl (C=O) groups excluding carboxylic acids is 1. The normalized spacial score (nSPS) is 14.9. The van der Waals surface area contributed by atoms with Gasteiger partial charge in [-0.2, -0.15) is 5.10 Å². The molecule has 0 unspecified atom stereocenters. The average Bonchev–Trinajstić information content (AvgIpc) is 3.12. The van der Waals surface area contributed by atoms with Gasteiger partial charge in [-0.15, -0.1) is 11.3 Å². The van der Waals surface area contributed by atoms with Crippen molar-refractivity contribution < 1.29 is 9.21 Å². The molecule has 0 saturated carbocycles. The lowest BCUT2D eigenvalue weighted by atomic mass is 9.99. The molecule has 1 amide bonds. The van der Waals surface area contributed by atoms with Crippen LogP contribution in [0.15, 0.2) is 34.0 Å². The molecule has 0 atom stereocenters. The summed E-state index contributed by atoms with van der Waals surface area (Å²) < 4.78 is 5.22. The Bertz CT molecular complexity index is 617. The second-order valence-electron chi connectivity index (χ2n) is 4.88. The Hall–Kier alpha value is -1.88. The van der Waals surface area contributed by atoms with E-state index in [-0.39, 0.29) is 5.91 Å². The molecule has 104 valence electrons. The number of hydrogen-bond donors (Lipinski definition) is 1. The number of amides is 1. The highest BCUT2D eigenvalue weighted by atomic mass is 32.1. The molecule has 2 aromatic heterocycles. The third-order valence-electron chi connectivity index (χ3n) is 3.42. The standard InChI is InChI=1S/C15H16N2O2S/c1-10(12-6-4-8-19-12)16-17-15(18)14-9-11-5-2-3-7-13(11)20-14/h4,6,8-9H,2-3,5,7H2,1H3,(H,17,18)/b16-10+. The first-order valence-electron chi connectivity index (χ1n) is 6.74. The van der Waals surface area contributed by atoms with Gasteiger partial charge in [-0.3, -0.25) is 4.79 Å². The number of nitrogens with one attached hydrogen (secondary N) is 1. The fraction of sp³-hybridized carbons (Fsp3) is 0.333. The number of furan rings is 1. The molecule has 1 aliphatic carbocycles. The van der Waals surface area contributed by atoms with Gasteiger partial charge in [0.05, 0.1) is 11.1 Å². The highest BCUT2D eigenvalue weighted by molar-refractivity contribution is 7.14. The van der Waals surface area contributed by atoms with Crippen LogP contribution in [-0.2, 0) is 12.8 Å². The van der Waals surface area contributed by atoms with Gasteiger partial charge in [0.1, 0.15) is 11.5 Å². The van der Waals surface area contributed by atoms with Gasteiger partial charge in [0, 0.05) is 4.88 Å². The van der Waals surface area contributed by atoms with Crippen LogP contribution < -0.4 is 5.43 Å². The van der Waals surface area contributed by atoms with E-state index in [1.165, 1.54) is 23.3 Å². The fourth-order valence-corrected chi connectivity index (χ4v) is 3.48. The molecule has 0 radical (unpaired) electrons. The quantitative estimate of drug-likeness (QED) is 0.695. The highest BCUT2D eigenvalue weighted by Gasteiger charge is 2.17. The third-order valence-corrected chi connectivity index (χ3v) is 4.66. The van der Waals surface area contributed by atoms with Crippen molar-refractivity contribution in [2.24, 2.45) is 5.10 Å². The number of hydrazone groups is 1. The summed E-state index contributed by atoms with van der Waals surface area (Å²) in [7, 11) is 0. The molecule has 4 nitrogen and oxygen atoms in total. The van der Waals surface area contributed by atoms with E-state index in [1.54, 1.807) is 30.6 Å². The monoisotopic (exact) mass is 288 g/mol. The molecule has 3 rings (SSSR count). The van der Waals surface area contributed by atoms with Gasteiger partial charge in [0.25, 0.3) is 5.91 Å². The van der Waals surface area contributed by atoms with Crippen molar-refractivity contribution >= 4 is 23.0 Å². The molecule has 0 spiro atoms. The highest BCUT2D eigenvalue weighted by Crippen LogP contribution is 2.29. The molecule has 2 aromatic rings. The Morgan fingerprint density at radius 1 is 1.40 bits per heavy atom. The molecule has 0 saturated heterocycles. The minimum Gasteiger partial charge on any atom is -0.463 e. The number of fused-ring (bicyclic) bond motifs is 1. The summed E-state index contributed by atoms with van der Waals surface area (Å²) in [6.07, 6.45) is 6.23. The van der Waals surface area contributed by atoms with E-state index in [0.717, 1.165) is 17.7 Å². The summed E-state index contributed by atoms with van der Waals surface area (Å²) in [5.41, 5.74) is 4.58. The van der Waals surface area contributed by atoms with E-state index < -0.39 is 0 Å². The van der Waals surface area contributed by atoms with E-state index in [1.807, 2.05) is 12.1 Å². The van der Waals surface area contributed by atoms with Crippen LogP contribution in [0, 0.1) is 0 Å². The summed E-state index contributed by atoms with van der Waals surface area (Å²) in [5, 5.41) is 4.08. The summed E-state index contributed by atoms with van der Waals surface area (Å²) in [6.45, 7) is 1.80. The van der Waals surface area contributed by atoms with Crippen molar-refractivity contribution in [1.82, 2.24) is 5.43 Å². The van der Waals surface area contributed by atoms with Crippen LogP contribution in [0.2, 0.25) is 0 Å². The van der Waals surface area contributed by atoms with Crippen LogP contribution in [0.4, 0.5) is 0 Å². The van der Waals surface area contributed by atoms with Gasteiger partial charge in [0.15, 0.2) is 0 Å². The zero-order chi connectivity index (χ0) is 13.9. The van der Waals surface area contributed by atoms with E-state index in [0.29, 0.717) is 11.5 Å². The lowest BCUT2D eigenvalue weighted by molar-refractivity contribution is 0.0959. The predicted octanol–water partition coefficient (Wildman–Crippen LogP) is 3.37. The molecule has 1 aliphatic rings. The van der Waals surface area contributed by atoms with Gasteiger partial charge in [-0.05, 0) is 56.4 Å². The van der Waals surface area contributed by atoms with Gasteiger partial charge in [-0.25, -0.2) is 5.43 Å². The van der Waals surface area contributed by atoms with Crippen LogP contribution in [0.3, 0.4) is 0 Å².